The van der Waals surface area contributed by atoms with Gasteiger partial charge in [-0.25, -0.2) is 4.79 Å². The third-order valence-electron chi connectivity index (χ3n) is 2.52. The fourth-order valence-electron chi connectivity index (χ4n) is 1.60. The van der Waals surface area contributed by atoms with Crippen LogP contribution in [0.5, 0.6) is 0 Å². The van der Waals surface area contributed by atoms with Crippen LogP contribution >= 0.6 is 0 Å². The molecule has 0 bridgehead atoms. The monoisotopic (exact) mass is 216 g/mol. The molecule has 2 unspecified atom stereocenters. The van der Waals surface area contributed by atoms with Gasteiger partial charge in [0, 0.05) is 19.2 Å². The number of hydrogen-bond donors (Lipinski definition) is 2. The van der Waals surface area contributed by atoms with Gasteiger partial charge in [-0.15, -0.1) is 0 Å². The number of carbonyl (C=O) groups is 1. The fourth-order valence-corrected chi connectivity index (χ4v) is 1.60. The summed E-state index contributed by atoms with van der Waals surface area (Å²) in [5.74, 6) is 0.442. The first kappa shape index (κ1) is 12.3. The molecule has 88 valence electrons. The van der Waals surface area contributed by atoms with E-state index in [0.29, 0.717) is 32.0 Å². The number of likely N-dealkylation sites (tertiary alicyclic amines) is 1. The lowest BCUT2D eigenvalue weighted by atomic mass is 10.0. The van der Waals surface area contributed by atoms with Crippen LogP contribution in [0, 0.1) is 5.92 Å². The number of amides is 1. The van der Waals surface area contributed by atoms with Gasteiger partial charge in [-0.2, -0.15) is 0 Å². The Labute approximate surface area is 90.2 Å². The predicted octanol–water partition coefficient (Wildman–Crippen LogP) is 0.739. The lowest BCUT2D eigenvalue weighted by Crippen LogP contribution is -2.53. The van der Waals surface area contributed by atoms with Gasteiger partial charge in [-0.05, 0) is 12.3 Å². The van der Waals surface area contributed by atoms with Crippen molar-refractivity contribution < 1.29 is 14.6 Å². The molecule has 1 aliphatic heterocycles. The minimum atomic E-state index is -0.889. The largest absolute Gasteiger partial charge is 0.465 e. The number of piperidine rings is 1. The van der Waals surface area contributed by atoms with E-state index in [4.69, 9.17) is 15.6 Å². The van der Waals surface area contributed by atoms with Crippen LogP contribution in [-0.4, -0.2) is 47.9 Å². The Bertz CT molecular complexity index is 221. The normalized spacial score (nSPS) is 27.1. The van der Waals surface area contributed by atoms with E-state index in [1.54, 1.807) is 0 Å². The molecule has 5 heteroatoms. The van der Waals surface area contributed by atoms with E-state index in [1.807, 2.05) is 0 Å². The molecule has 15 heavy (non-hydrogen) atoms. The SMILES string of the molecule is CC(C)COC1CN(C(=O)O)CCC1N. The minimum absolute atomic E-state index is 0.0423. The van der Waals surface area contributed by atoms with Crippen molar-refractivity contribution in [3.63, 3.8) is 0 Å². The maximum Gasteiger partial charge on any atom is 0.407 e. The van der Waals surface area contributed by atoms with Crippen molar-refractivity contribution in [3.8, 4) is 0 Å². The number of nitrogens with zero attached hydrogens (tertiary/aromatic N) is 1. The van der Waals surface area contributed by atoms with Crippen molar-refractivity contribution in [1.29, 1.82) is 0 Å². The van der Waals surface area contributed by atoms with Gasteiger partial charge in [-0.1, -0.05) is 13.8 Å². The van der Waals surface area contributed by atoms with Crippen molar-refractivity contribution in [2.45, 2.75) is 32.4 Å². The summed E-state index contributed by atoms with van der Waals surface area (Å²) in [6, 6.07) is -0.0423. The summed E-state index contributed by atoms with van der Waals surface area (Å²) in [6.45, 7) is 5.65. The third kappa shape index (κ3) is 3.68. The zero-order valence-corrected chi connectivity index (χ0v) is 9.35. The standard InChI is InChI=1S/C10H20N2O3/c1-7(2)6-15-9-5-12(10(13)14)4-3-8(9)11/h7-9H,3-6,11H2,1-2H3,(H,13,14). The van der Waals surface area contributed by atoms with Crippen molar-refractivity contribution in [2.75, 3.05) is 19.7 Å². The Morgan fingerprint density at radius 3 is 2.87 bits per heavy atom. The molecule has 0 radical (unpaired) electrons. The van der Waals surface area contributed by atoms with Crippen LogP contribution in [0.15, 0.2) is 0 Å². The first-order valence-corrected chi connectivity index (χ1v) is 5.35. The van der Waals surface area contributed by atoms with Gasteiger partial charge in [0.05, 0.1) is 12.6 Å². The zero-order chi connectivity index (χ0) is 11.4. The number of ether oxygens (including phenoxy) is 1. The molecule has 0 aliphatic carbocycles. The molecule has 1 saturated heterocycles. The smallest absolute Gasteiger partial charge is 0.407 e. The summed E-state index contributed by atoms with van der Waals surface area (Å²) >= 11 is 0. The van der Waals surface area contributed by atoms with Crippen LogP contribution in [0.3, 0.4) is 0 Å². The van der Waals surface area contributed by atoms with Gasteiger partial charge < -0.3 is 20.5 Å². The molecule has 1 heterocycles. The minimum Gasteiger partial charge on any atom is -0.465 e. The van der Waals surface area contributed by atoms with Crippen molar-refractivity contribution in [3.05, 3.63) is 0 Å². The van der Waals surface area contributed by atoms with E-state index < -0.39 is 6.09 Å². The van der Waals surface area contributed by atoms with Gasteiger partial charge in [0.15, 0.2) is 0 Å². The molecule has 5 nitrogen and oxygen atoms in total. The highest BCUT2D eigenvalue weighted by atomic mass is 16.5. The van der Waals surface area contributed by atoms with Crippen molar-refractivity contribution >= 4 is 6.09 Å². The Hall–Kier alpha value is -0.810. The molecule has 2 atom stereocenters. The van der Waals surface area contributed by atoms with Gasteiger partial charge in [-0.3, -0.25) is 0 Å². The Balaban J connectivity index is 2.42. The number of carboxylic acid groups (broad SMARTS) is 1. The Kier molecular flexibility index (Phi) is 4.35. The summed E-state index contributed by atoms with van der Waals surface area (Å²) in [6.07, 6.45) is -0.369. The van der Waals surface area contributed by atoms with Gasteiger partial charge in [0.25, 0.3) is 0 Å². The van der Waals surface area contributed by atoms with Crippen molar-refractivity contribution in [1.82, 2.24) is 4.90 Å². The fraction of sp³-hybridized carbons (Fsp3) is 0.900. The highest BCUT2D eigenvalue weighted by molar-refractivity contribution is 5.65. The molecular weight excluding hydrogens is 196 g/mol. The van der Waals surface area contributed by atoms with E-state index in [0.717, 1.165) is 0 Å². The lowest BCUT2D eigenvalue weighted by Gasteiger charge is -2.35. The number of nitrogens with two attached hydrogens (primary N) is 1. The number of hydrogen-bond acceptors (Lipinski definition) is 3. The highest BCUT2D eigenvalue weighted by Gasteiger charge is 2.29. The van der Waals surface area contributed by atoms with Crippen LogP contribution in [-0.2, 0) is 4.74 Å². The average molecular weight is 216 g/mol. The summed E-state index contributed by atoms with van der Waals surface area (Å²) < 4.78 is 5.61. The van der Waals surface area contributed by atoms with E-state index in [2.05, 4.69) is 13.8 Å². The quantitative estimate of drug-likeness (QED) is 0.729. The first-order valence-electron chi connectivity index (χ1n) is 5.35. The molecule has 1 amide bonds. The molecule has 0 aromatic rings. The van der Waals surface area contributed by atoms with E-state index >= 15 is 0 Å². The molecule has 0 spiro atoms. The van der Waals surface area contributed by atoms with E-state index in [-0.39, 0.29) is 12.1 Å². The molecule has 3 N–H and O–H groups in total. The molecule has 1 rings (SSSR count). The van der Waals surface area contributed by atoms with E-state index in [1.165, 1.54) is 4.90 Å². The summed E-state index contributed by atoms with van der Waals surface area (Å²) in [4.78, 5) is 12.1. The summed E-state index contributed by atoms with van der Waals surface area (Å²) in [5.41, 5.74) is 5.88. The molecule has 0 aromatic carbocycles. The lowest BCUT2D eigenvalue weighted by molar-refractivity contribution is -0.0191. The highest BCUT2D eigenvalue weighted by Crippen LogP contribution is 2.13. The number of rotatable bonds is 3. The Morgan fingerprint density at radius 2 is 2.33 bits per heavy atom. The second kappa shape index (κ2) is 5.32. The average Bonchev–Trinajstić information content (AvgIpc) is 2.16. The maximum absolute atomic E-state index is 10.8. The third-order valence-corrected chi connectivity index (χ3v) is 2.52. The van der Waals surface area contributed by atoms with Crippen molar-refractivity contribution in [2.24, 2.45) is 11.7 Å². The van der Waals surface area contributed by atoms with Gasteiger partial charge >= 0.3 is 6.09 Å². The second-order valence-electron chi connectivity index (χ2n) is 4.45. The van der Waals surface area contributed by atoms with E-state index in [9.17, 15) is 4.79 Å². The molecule has 1 fully saturated rings. The van der Waals surface area contributed by atoms with Crippen LogP contribution < -0.4 is 5.73 Å². The summed E-state index contributed by atoms with van der Waals surface area (Å²) in [5, 5.41) is 8.85. The Morgan fingerprint density at radius 1 is 1.67 bits per heavy atom. The zero-order valence-electron chi connectivity index (χ0n) is 9.35. The predicted molar refractivity (Wildman–Crippen MR) is 56.8 cm³/mol. The summed E-state index contributed by atoms with van der Waals surface area (Å²) in [7, 11) is 0. The van der Waals surface area contributed by atoms with Crippen LogP contribution in [0.4, 0.5) is 4.79 Å². The molecule has 0 aromatic heterocycles. The topological polar surface area (TPSA) is 75.8 Å². The molecular formula is C10H20N2O3. The first-order chi connectivity index (χ1) is 7.00. The second-order valence-corrected chi connectivity index (χ2v) is 4.45. The molecule has 0 saturated carbocycles. The maximum atomic E-state index is 10.8. The van der Waals surface area contributed by atoms with Gasteiger partial charge in [0.1, 0.15) is 0 Å². The van der Waals surface area contributed by atoms with Crippen LogP contribution in [0.2, 0.25) is 0 Å². The van der Waals surface area contributed by atoms with Gasteiger partial charge in [0.2, 0.25) is 0 Å². The van der Waals surface area contributed by atoms with Crippen LogP contribution in [0.1, 0.15) is 20.3 Å². The van der Waals surface area contributed by atoms with Crippen LogP contribution in [0.25, 0.3) is 0 Å². The molecule has 1 aliphatic rings.